The number of rotatable bonds is 6. The average molecular weight is 520 g/mol. The molecule has 152 valence electrons. The Balaban J connectivity index is 1.55. The number of amides is 1. The summed E-state index contributed by atoms with van der Waals surface area (Å²) in [4.78, 5) is 13.5. The van der Waals surface area contributed by atoms with Crippen LogP contribution in [0.15, 0.2) is 69.6 Å². The van der Waals surface area contributed by atoms with Crippen molar-refractivity contribution in [2.75, 3.05) is 11.1 Å². The zero-order valence-corrected chi connectivity index (χ0v) is 19.8. The van der Waals surface area contributed by atoms with Crippen LogP contribution in [-0.2, 0) is 4.79 Å². The van der Waals surface area contributed by atoms with Crippen molar-refractivity contribution in [3.05, 3.63) is 75.0 Å². The summed E-state index contributed by atoms with van der Waals surface area (Å²) in [5.74, 6) is 0.842. The number of anilines is 1. The summed E-state index contributed by atoms with van der Waals surface area (Å²) in [6, 6.07) is 17.2. The summed E-state index contributed by atoms with van der Waals surface area (Å²) in [7, 11) is 0. The van der Waals surface area contributed by atoms with Crippen molar-refractivity contribution in [1.29, 1.82) is 0 Å². The lowest BCUT2D eigenvalue weighted by molar-refractivity contribution is -0.113. The van der Waals surface area contributed by atoms with Crippen molar-refractivity contribution in [1.82, 2.24) is 14.8 Å². The Morgan fingerprint density at radius 3 is 2.70 bits per heavy atom. The standard InChI is InChI=1S/C21H16BrClN4OS2/c1-13-11-15(6-9-17(13)22)24-19(28)12-30-21-26-25-20(18-3-2-10-29-18)27(21)16-7-4-14(23)5-8-16/h2-11H,12H2,1H3,(H,24,28). The molecular formula is C21H16BrClN4OS2. The number of halogens is 2. The lowest BCUT2D eigenvalue weighted by atomic mass is 10.2. The van der Waals surface area contributed by atoms with Crippen LogP contribution >= 0.6 is 50.6 Å². The van der Waals surface area contributed by atoms with Gasteiger partial charge in [-0.3, -0.25) is 9.36 Å². The van der Waals surface area contributed by atoms with Gasteiger partial charge in [-0.05, 0) is 66.4 Å². The maximum absolute atomic E-state index is 12.5. The highest BCUT2D eigenvalue weighted by Gasteiger charge is 2.18. The maximum atomic E-state index is 12.5. The highest BCUT2D eigenvalue weighted by Crippen LogP contribution is 2.31. The monoisotopic (exact) mass is 518 g/mol. The van der Waals surface area contributed by atoms with E-state index in [-0.39, 0.29) is 11.7 Å². The highest BCUT2D eigenvalue weighted by molar-refractivity contribution is 9.10. The molecule has 0 radical (unpaired) electrons. The number of thiophene rings is 1. The molecule has 0 unspecified atom stereocenters. The third-order valence-electron chi connectivity index (χ3n) is 4.23. The van der Waals surface area contributed by atoms with Gasteiger partial charge in [0, 0.05) is 20.9 Å². The van der Waals surface area contributed by atoms with Crippen LogP contribution in [0.2, 0.25) is 5.02 Å². The molecule has 0 bridgehead atoms. The number of thioether (sulfide) groups is 1. The molecular weight excluding hydrogens is 504 g/mol. The Morgan fingerprint density at radius 1 is 1.20 bits per heavy atom. The third-order valence-corrected chi connectivity index (χ3v) is 7.17. The van der Waals surface area contributed by atoms with Gasteiger partial charge in [-0.1, -0.05) is 45.4 Å². The number of hydrogen-bond acceptors (Lipinski definition) is 5. The Kier molecular flexibility index (Phi) is 6.58. The first-order valence-corrected chi connectivity index (χ1v) is 12.0. The molecule has 0 aliphatic rings. The number of hydrogen-bond donors (Lipinski definition) is 1. The van der Waals surface area contributed by atoms with E-state index in [4.69, 9.17) is 11.6 Å². The quantitative estimate of drug-likeness (QED) is 0.297. The van der Waals surface area contributed by atoms with Crippen molar-refractivity contribution in [3.8, 4) is 16.4 Å². The SMILES string of the molecule is Cc1cc(NC(=O)CSc2nnc(-c3cccs3)n2-c2ccc(Cl)cc2)ccc1Br. The van der Waals surface area contributed by atoms with E-state index in [1.54, 1.807) is 11.3 Å². The van der Waals surface area contributed by atoms with Gasteiger partial charge in [0.25, 0.3) is 0 Å². The van der Waals surface area contributed by atoms with E-state index in [2.05, 4.69) is 31.4 Å². The van der Waals surface area contributed by atoms with Gasteiger partial charge in [0.1, 0.15) is 0 Å². The van der Waals surface area contributed by atoms with Gasteiger partial charge in [-0.2, -0.15) is 0 Å². The number of carbonyl (C=O) groups is 1. The van der Waals surface area contributed by atoms with E-state index in [0.717, 1.165) is 32.1 Å². The van der Waals surface area contributed by atoms with Crippen molar-refractivity contribution in [2.45, 2.75) is 12.1 Å². The summed E-state index contributed by atoms with van der Waals surface area (Å²) < 4.78 is 2.95. The molecule has 2 aromatic carbocycles. The Bertz CT molecular complexity index is 1180. The maximum Gasteiger partial charge on any atom is 0.234 e. The molecule has 30 heavy (non-hydrogen) atoms. The largest absolute Gasteiger partial charge is 0.325 e. The van der Waals surface area contributed by atoms with E-state index in [0.29, 0.717) is 10.2 Å². The molecule has 5 nitrogen and oxygen atoms in total. The van der Waals surface area contributed by atoms with E-state index in [9.17, 15) is 4.79 Å². The van der Waals surface area contributed by atoms with Gasteiger partial charge in [-0.25, -0.2) is 0 Å². The fourth-order valence-corrected chi connectivity index (χ4v) is 4.62. The van der Waals surface area contributed by atoms with Gasteiger partial charge in [0.15, 0.2) is 11.0 Å². The second-order valence-electron chi connectivity index (χ2n) is 6.40. The predicted molar refractivity (Wildman–Crippen MR) is 128 cm³/mol. The summed E-state index contributed by atoms with van der Waals surface area (Å²) >= 11 is 12.4. The van der Waals surface area contributed by atoms with Gasteiger partial charge in [0.2, 0.25) is 5.91 Å². The first-order chi connectivity index (χ1) is 14.5. The number of aryl methyl sites for hydroxylation is 1. The molecule has 1 N–H and O–H groups in total. The lowest BCUT2D eigenvalue weighted by Gasteiger charge is -2.10. The number of nitrogens with one attached hydrogen (secondary N) is 1. The molecule has 0 spiro atoms. The van der Waals surface area contributed by atoms with Crippen molar-refractivity contribution < 1.29 is 4.79 Å². The molecule has 0 fully saturated rings. The van der Waals surface area contributed by atoms with Crippen molar-refractivity contribution >= 4 is 62.2 Å². The van der Waals surface area contributed by atoms with Crippen molar-refractivity contribution in [2.24, 2.45) is 0 Å². The van der Waals surface area contributed by atoms with E-state index >= 15 is 0 Å². The molecule has 4 rings (SSSR count). The zero-order valence-electron chi connectivity index (χ0n) is 15.8. The third kappa shape index (κ3) is 4.78. The summed E-state index contributed by atoms with van der Waals surface area (Å²) in [6.07, 6.45) is 0. The smallest absolute Gasteiger partial charge is 0.234 e. The molecule has 1 amide bonds. The Morgan fingerprint density at radius 2 is 2.00 bits per heavy atom. The van der Waals surface area contributed by atoms with Crippen LogP contribution in [0.4, 0.5) is 5.69 Å². The number of carbonyl (C=O) groups excluding carboxylic acids is 1. The van der Waals surface area contributed by atoms with Gasteiger partial charge < -0.3 is 5.32 Å². The first kappa shape index (κ1) is 21.1. The first-order valence-electron chi connectivity index (χ1n) is 8.95. The molecule has 0 saturated carbocycles. The summed E-state index contributed by atoms with van der Waals surface area (Å²) in [5, 5.41) is 14.9. The average Bonchev–Trinajstić information content (AvgIpc) is 3.39. The fraction of sp³-hybridized carbons (Fsp3) is 0.0952. The molecule has 0 atom stereocenters. The lowest BCUT2D eigenvalue weighted by Crippen LogP contribution is -2.14. The molecule has 0 saturated heterocycles. The number of aromatic nitrogens is 3. The fourth-order valence-electron chi connectivity index (χ4n) is 2.80. The highest BCUT2D eigenvalue weighted by atomic mass is 79.9. The minimum absolute atomic E-state index is 0.106. The molecule has 9 heteroatoms. The predicted octanol–water partition coefficient (Wildman–Crippen LogP) is 6.45. The second kappa shape index (κ2) is 9.34. The normalized spacial score (nSPS) is 10.9. The van der Waals surface area contributed by atoms with Crippen molar-refractivity contribution in [3.63, 3.8) is 0 Å². The Labute approximate surface area is 195 Å². The van der Waals surface area contributed by atoms with E-state index in [1.807, 2.05) is 71.5 Å². The van der Waals surface area contributed by atoms with Gasteiger partial charge in [-0.15, -0.1) is 21.5 Å². The zero-order chi connectivity index (χ0) is 21.1. The molecule has 0 aliphatic heterocycles. The van der Waals surface area contributed by atoms with Crippen LogP contribution in [0.5, 0.6) is 0 Å². The summed E-state index contributed by atoms with van der Waals surface area (Å²) in [6.45, 7) is 1.98. The van der Waals surface area contributed by atoms with Crippen LogP contribution < -0.4 is 5.32 Å². The second-order valence-corrected chi connectivity index (χ2v) is 9.58. The van der Waals surface area contributed by atoms with Crippen LogP contribution in [0, 0.1) is 6.92 Å². The van der Waals surface area contributed by atoms with Gasteiger partial charge in [0.05, 0.1) is 10.6 Å². The van der Waals surface area contributed by atoms with E-state index in [1.165, 1.54) is 11.8 Å². The minimum atomic E-state index is -0.106. The van der Waals surface area contributed by atoms with Crippen LogP contribution in [0.3, 0.4) is 0 Å². The number of benzene rings is 2. The van der Waals surface area contributed by atoms with Gasteiger partial charge >= 0.3 is 0 Å². The molecule has 0 aliphatic carbocycles. The van der Waals surface area contributed by atoms with Crippen LogP contribution in [0.1, 0.15) is 5.56 Å². The topological polar surface area (TPSA) is 59.8 Å². The molecule has 4 aromatic rings. The molecule has 2 heterocycles. The van der Waals surface area contributed by atoms with Crippen LogP contribution in [0.25, 0.3) is 16.4 Å². The summed E-state index contributed by atoms with van der Waals surface area (Å²) in [5.41, 5.74) is 2.71. The van der Waals surface area contributed by atoms with Crippen LogP contribution in [-0.4, -0.2) is 26.4 Å². The minimum Gasteiger partial charge on any atom is -0.325 e. The number of nitrogens with zero attached hydrogens (tertiary/aromatic N) is 3. The Hall–Kier alpha value is -2.13. The van der Waals surface area contributed by atoms with E-state index < -0.39 is 0 Å². The molecule has 2 aromatic heterocycles.